The number of hydrogen-bond donors (Lipinski definition) is 2. The van der Waals surface area contributed by atoms with E-state index in [4.69, 9.17) is 0 Å². The van der Waals surface area contributed by atoms with Crippen molar-refractivity contribution in [3.63, 3.8) is 0 Å². The Balaban J connectivity index is 2.99. The van der Waals surface area contributed by atoms with E-state index in [1.807, 2.05) is 0 Å². The number of rotatable bonds is 3. The molecule has 1 rings (SSSR count). The number of halogens is 1. The molecule has 5 nitrogen and oxygen atoms in total. The number of carbonyl (C=O) groups is 1. The Morgan fingerprint density at radius 3 is 2.69 bits per heavy atom. The van der Waals surface area contributed by atoms with Crippen LogP contribution in [0.3, 0.4) is 0 Å². The van der Waals surface area contributed by atoms with Crippen LogP contribution in [-0.4, -0.2) is 34.4 Å². The predicted molar refractivity (Wildman–Crippen MR) is 51.9 cm³/mol. The van der Waals surface area contributed by atoms with Crippen LogP contribution in [-0.2, 0) is 9.53 Å². The smallest absolute Gasteiger partial charge is 0.337 e. The molecule has 0 bridgehead atoms. The van der Waals surface area contributed by atoms with Gasteiger partial charge >= 0.3 is 5.97 Å². The summed E-state index contributed by atoms with van der Waals surface area (Å²) in [4.78, 5) is 14.7. The van der Waals surface area contributed by atoms with Crippen molar-refractivity contribution in [2.45, 2.75) is 19.1 Å². The molecule has 0 radical (unpaired) electrons. The number of carbonyl (C=O) groups excluding carboxylic acids is 1. The Kier molecular flexibility index (Phi) is 3.92. The molecule has 0 spiro atoms. The highest BCUT2D eigenvalue weighted by Gasteiger charge is 2.29. The van der Waals surface area contributed by atoms with Crippen molar-refractivity contribution in [1.29, 1.82) is 0 Å². The van der Waals surface area contributed by atoms with Gasteiger partial charge in [-0.3, -0.25) is 4.98 Å². The van der Waals surface area contributed by atoms with Gasteiger partial charge in [-0.05, 0) is 19.1 Å². The molecule has 0 saturated carbocycles. The summed E-state index contributed by atoms with van der Waals surface area (Å²) in [7, 11) is 1.05. The van der Waals surface area contributed by atoms with E-state index in [2.05, 4.69) is 9.72 Å². The molecular weight excluding hydrogens is 217 g/mol. The molecule has 0 aromatic carbocycles. The quantitative estimate of drug-likeness (QED) is 0.718. The highest BCUT2D eigenvalue weighted by Crippen LogP contribution is 2.19. The fraction of sp³-hybridized carbons (Fsp3) is 0.400. The molecule has 2 N–H and O–H groups in total. The summed E-state index contributed by atoms with van der Waals surface area (Å²) in [5.41, 5.74) is 0.0883. The minimum atomic E-state index is -1.85. The Bertz CT molecular complexity index is 396. The van der Waals surface area contributed by atoms with Crippen LogP contribution in [0.4, 0.5) is 4.39 Å². The van der Waals surface area contributed by atoms with E-state index < -0.39 is 24.0 Å². The zero-order valence-corrected chi connectivity index (χ0v) is 8.85. The number of hydrogen-bond acceptors (Lipinski definition) is 5. The summed E-state index contributed by atoms with van der Waals surface area (Å²) in [6.07, 6.45) is -3.60. The fourth-order valence-electron chi connectivity index (χ4n) is 1.17. The van der Waals surface area contributed by atoms with Gasteiger partial charge < -0.3 is 14.9 Å². The van der Waals surface area contributed by atoms with Gasteiger partial charge in [0.1, 0.15) is 17.6 Å². The average molecular weight is 229 g/mol. The summed E-state index contributed by atoms with van der Waals surface area (Å²) in [5.74, 6) is -1.84. The van der Waals surface area contributed by atoms with Crippen molar-refractivity contribution in [2.75, 3.05) is 7.11 Å². The topological polar surface area (TPSA) is 79.7 Å². The van der Waals surface area contributed by atoms with Crippen LogP contribution < -0.4 is 0 Å². The molecule has 2 unspecified atom stereocenters. The number of aryl methyl sites for hydroxylation is 1. The third kappa shape index (κ3) is 2.53. The molecule has 1 aromatic heterocycles. The van der Waals surface area contributed by atoms with Crippen LogP contribution in [0.15, 0.2) is 12.1 Å². The summed E-state index contributed by atoms with van der Waals surface area (Å²) in [5, 5.41) is 18.9. The number of ether oxygens (including phenoxy) is 1. The van der Waals surface area contributed by atoms with E-state index in [9.17, 15) is 19.4 Å². The van der Waals surface area contributed by atoms with Gasteiger partial charge in [0, 0.05) is 5.69 Å². The van der Waals surface area contributed by atoms with Crippen molar-refractivity contribution in [3.05, 3.63) is 29.3 Å². The van der Waals surface area contributed by atoms with Gasteiger partial charge in [0.25, 0.3) is 0 Å². The van der Waals surface area contributed by atoms with Crippen LogP contribution in [0.25, 0.3) is 0 Å². The van der Waals surface area contributed by atoms with Gasteiger partial charge in [-0.15, -0.1) is 0 Å². The molecule has 0 amide bonds. The molecule has 2 atom stereocenters. The molecule has 0 aliphatic heterocycles. The number of aliphatic hydroxyl groups is 2. The Labute approximate surface area is 91.5 Å². The zero-order valence-electron chi connectivity index (χ0n) is 8.85. The second-order valence-electron chi connectivity index (χ2n) is 3.23. The van der Waals surface area contributed by atoms with Crippen LogP contribution in [0.1, 0.15) is 17.5 Å². The van der Waals surface area contributed by atoms with Crippen molar-refractivity contribution < 1.29 is 24.1 Å². The predicted octanol–water partition coefficient (Wildman–Crippen LogP) is 0.0964. The van der Waals surface area contributed by atoms with Gasteiger partial charge in [0.15, 0.2) is 6.10 Å². The van der Waals surface area contributed by atoms with Gasteiger partial charge in [-0.25, -0.2) is 9.18 Å². The number of aromatic nitrogens is 1. The summed E-state index contributed by atoms with van der Waals surface area (Å²) >= 11 is 0. The van der Waals surface area contributed by atoms with Crippen molar-refractivity contribution in [1.82, 2.24) is 4.98 Å². The van der Waals surface area contributed by atoms with Crippen molar-refractivity contribution >= 4 is 5.97 Å². The fourth-order valence-corrected chi connectivity index (χ4v) is 1.17. The minimum absolute atomic E-state index is 0.377. The summed E-state index contributed by atoms with van der Waals surface area (Å²) < 4.78 is 17.5. The lowest BCUT2D eigenvalue weighted by Gasteiger charge is -2.15. The van der Waals surface area contributed by atoms with Crippen molar-refractivity contribution in [3.8, 4) is 0 Å². The zero-order chi connectivity index (χ0) is 12.3. The van der Waals surface area contributed by atoms with Crippen LogP contribution in [0.5, 0.6) is 0 Å². The lowest BCUT2D eigenvalue weighted by atomic mass is 10.1. The van der Waals surface area contributed by atoms with Gasteiger partial charge in [0.2, 0.25) is 0 Å². The second-order valence-corrected chi connectivity index (χ2v) is 3.23. The molecule has 88 valence electrons. The number of pyridine rings is 1. The average Bonchev–Trinajstić information content (AvgIpc) is 2.29. The lowest BCUT2D eigenvalue weighted by molar-refractivity contribution is -0.157. The first-order chi connectivity index (χ1) is 7.47. The standard InChI is InChI=1S/C10H12FNO4/c1-5-3-4-6(11)7(12-5)8(13)9(14)10(15)16-2/h3-4,8-9,13-14H,1-2H3. The maximum atomic E-state index is 13.3. The third-order valence-corrected chi connectivity index (χ3v) is 2.03. The van der Waals surface area contributed by atoms with E-state index in [1.54, 1.807) is 6.92 Å². The van der Waals surface area contributed by atoms with Crippen LogP contribution >= 0.6 is 0 Å². The maximum Gasteiger partial charge on any atom is 0.337 e. The molecule has 0 aliphatic rings. The molecule has 1 heterocycles. The summed E-state index contributed by atoms with van der Waals surface area (Å²) in [6, 6.07) is 2.51. The van der Waals surface area contributed by atoms with Crippen LogP contribution in [0, 0.1) is 12.7 Å². The van der Waals surface area contributed by atoms with E-state index in [0.717, 1.165) is 13.2 Å². The molecule has 0 fully saturated rings. The first-order valence-electron chi connectivity index (χ1n) is 4.54. The SMILES string of the molecule is COC(=O)C(O)C(O)c1nc(C)ccc1F. The van der Waals surface area contributed by atoms with E-state index >= 15 is 0 Å². The second kappa shape index (κ2) is 5.00. The Morgan fingerprint density at radius 2 is 2.12 bits per heavy atom. The third-order valence-electron chi connectivity index (χ3n) is 2.03. The molecular formula is C10H12FNO4. The number of nitrogens with zero attached hydrogens (tertiary/aromatic N) is 1. The van der Waals surface area contributed by atoms with Crippen LogP contribution in [0.2, 0.25) is 0 Å². The molecule has 16 heavy (non-hydrogen) atoms. The normalized spacial score (nSPS) is 14.3. The summed E-state index contributed by atoms with van der Waals surface area (Å²) in [6.45, 7) is 1.60. The maximum absolute atomic E-state index is 13.3. The lowest BCUT2D eigenvalue weighted by Crippen LogP contribution is -2.30. The highest BCUT2D eigenvalue weighted by atomic mass is 19.1. The van der Waals surface area contributed by atoms with Gasteiger partial charge in [0.05, 0.1) is 7.11 Å². The molecule has 6 heteroatoms. The number of methoxy groups -OCH3 is 1. The van der Waals surface area contributed by atoms with E-state index in [0.29, 0.717) is 5.69 Å². The van der Waals surface area contributed by atoms with Gasteiger partial charge in [-0.2, -0.15) is 0 Å². The Hall–Kier alpha value is -1.53. The number of aliphatic hydroxyl groups excluding tert-OH is 2. The van der Waals surface area contributed by atoms with Crippen molar-refractivity contribution in [2.24, 2.45) is 0 Å². The molecule has 0 aliphatic carbocycles. The highest BCUT2D eigenvalue weighted by molar-refractivity contribution is 5.75. The Morgan fingerprint density at radius 1 is 1.50 bits per heavy atom. The number of esters is 1. The monoisotopic (exact) mass is 229 g/mol. The first-order valence-corrected chi connectivity index (χ1v) is 4.54. The minimum Gasteiger partial charge on any atom is -0.467 e. The largest absolute Gasteiger partial charge is 0.467 e. The van der Waals surface area contributed by atoms with E-state index in [1.165, 1.54) is 6.07 Å². The first kappa shape index (κ1) is 12.5. The van der Waals surface area contributed by atoms with E-state index in [-0.39, 0.29) is 5.69 Å². The van der Waals surface area contributed by atoms with Gasteiger partial charge in [-0.1, -0.05) is 0 Å². The molecule has 1 aromatic rings. The molecule has 0 saturated heterocycles.